The summed E-state index contributed by atoms with van der Waals surface area (Å²) in [7, 11) is 2.10. The van der Waals surface area contributed by atoms with Crippen LogP contribution in [-0.4, -0.2) is 35.9 Å². The number of nitrogens with zero attached hydrogens (tertiary/aromatic N) is 2. The lowest BCUT2D eigenvalue weighted by Crippen LogP contribution is -2.37. The number of pyridine rings is 1. The van der Waals surface area contributed by atoms with Crippen molar-refractivity contribution in [1.82, 2.24) is 15.2 Å². The molecule has 0 bridgehead atoms. The van der Waals surface area contributed by atoms with Crippen LogP contribution in [0.5, 0.6) is 0 Å². The van der Waals surface area contributed by atoms with E-state index in [-0.39, 0.29) is 11.9 Å². The normalized spacial score (nSPS) is 22.0. The number of likely N-dealkylation sites (tertiary alicyclic amines) is 1. The number of halogens is 1. The highest BCUT2D eigenvalue weighted by Crippen LogP contribution is 2.35. The van der Waals surface area contributed by atoms with Crippen molar-refractivity contribution in [3.05, 3.63) is 65.7 Å². The van der Waals surface area contributed by atoms with Crippen LogP contribution >= 0.6 is 0 Å². The number of aromatic nitrogens is 1. The van der Waals surface area contributed by atoms with Crippen molar-refractivity contribution in [3.8, 4) is 0 Å². The molecule has 1 aliphatic heterocycles. The smallest absolute Gasteiger partial charge is 0.239 e. The topological polar surface area (TPSA) is 71.2 Å². The van der Waals surface area contributed by atoms with E-state index in [1.165, 1.54) is 17.7 Å². The second-order valence-electron chi connectivity index (χ2n) is 6.56. The van der Waals surface area contributed by atoms with Gasteiger partial charge in [0.05, 0.1) is 0 Å². The van der Waals surface area contributed by atoms with Gasteiger partial charge in [0, 0.05) is 25.0 Å². The van der Waals surface area contributed by atoms with Gasteiger partial charge < -0.3 is 11.1 Å². The zero-order chi connectivity index (χ0) is 17.8. The van der Waals surface area contributed by atoms with E-state index in [2.05, 4.69) is 28.3 Å². The Morgan fingerprint density at radius 1 is 1.40 bits per heavy atom. The van der Waals surface area contributed by atoms with Gasteiger partial charge in [0.1, 0.15) is 11.9 Å². The number of hydrogen-bond acceptors (Lipinski definition) is 4. The molecule has 3 N–H and O–H groups in total. The average Bonchev–Trinajstić information content (AvgIpc) is 2.98. The van der Waals surface area contributed by atoms with E-state index in [0.717, 1.165) is 13.0 Å². The van der Waals surface area contributed by atoms with E-state index in [1.54, 1.807) is 18.3 Å². The Morgan fingerprint density at radius 2 is 2.16 bits per heavy atom. The number of nitrogens with two attached hydrogens (primary N) is 1. The molecule has 2 heterocycles. The van der Waals surface area contributed by atoms with Crippen LogP contribution in [0.25, 0.3) is 0 Å². The summed E-state index contributed by atoms with van der Waals surface area (Å²) in [4.78, 5) is 18.4. The maximum absolute atomic E-state index is 13.1. The highest BCUT2D eigenvalue weighted by Gasteiger charge is 2.33. The molecule has 5 nitrogen and oxygen atoms in total. The molecule has 25 heavy (non-hydrogen) atoms. The molecule has 1 aliphatic rings. The predicted molar refractivity (Wildman–Crippen MR) is 94.1 cm³/mol. The van der Waals surface area contributed by atoms with Gasteiger partial charge in [-0.05, 0) is 55.3 Å². The molecule has 132 valence electrons. The van der Waals surface area contributed by atoms with E-state index < -0.39 is 11.9 Å². The lowest BCUT2D eigenvalue weighted by Gasteiger charge is -2.27. The van der Waals surface area contributed by atoms with Crippen LogP contribution in [0.3, 0.4) is 0 Å². The minimum atomic E-state index is -0.624. The first-order valence-corrected chi connectivity index (χ1v) is 8.44. The van der Waals surface area contributed by atoms with Crippen molar-refractivity contribution >= 4 is 5.91 Å². The maximum Gasteiger partial charge on any atom is 0.239 e. The SMILES string of the molecule is CN1CC[C@@H](CNC(C(N)=O)c2ccc(F)cc2)[C@@H]1c1cccnc1. The molecule has 1 fully saturated rings. The van der Waals surface area contributed by atoms with Gasteiger partial charge in [0.2, 0.25) is 5.91 Å². The number of rotatable bonds is 6. The third-order valence-electron chi connectivity index (χ3n) is 4.87. The second kappa shape index (κ2) is 7.72. The first-order valence-electron chi connectivity index (χ1n) is 8.44. The van der Waals surface area contributed by atoms with Gasteiger partial charge >= 0.3 is 0 Å². The second-order valence-corrected chi connectivity index (χ2v) is 6.56. The zero-order valence-electron chi connectivity index (χ0n) is 14.2. The number of hydrogen-bond donors (Lipinski definition) is 2. The van der Waals surface area contributed by atoms with E-state index in [9.17, 15) is 9.18 Å². The quantitative estimate of drug-likeness (QED) is 0.843. The van der Waals surface area contributed by atoms with Gasteiger partial charge in [0.15, 0.2) is 0 Å². The fourth-order valence-corrected chi connectivity index (χ4v) is 3.62. The fraction of sp³-hybridized carbons (Fsp3) is 0.368. The Labute approximate surface area is 147 Å². The number of nitrogens with one attached hydrogen (secondary N) is 1. The Morgan fingerprint density at radius 3 is 2.80 bits per heavy atom. The summed E-state index contributed by atoms with van der Waals surface area (Å²) in [5, 5.41) is 3.27. The molecule has 0 spiro atoms. The Kier molecular flexibility index (Phi) is 5.40. The Hall–Kier alpha value is -2.31. The molecule has 3 rings (SSSR count). The summed E-state index contributed by atoms with van der Waals surface area (Å²) in [6.07, 6.45) is 4.69. The lowest BCUT2D eigenvalue weighted by molar-refractivity contribution is -0.120. The Balaban J connectivity index is 1.72. The third kappa shape index (κ3) is 4.03. The van der Waals surface area contributed by atoms with Gasteiger partial charge in [-0.2, -0.15) is 0 Å². The van der Waals surface area contributed by atoms with Crippen molar-refractivity contribution in [2.45, 2.75) is 18.5 Å². The van der Waals surface area contributed by atoms with Crippen LogP contribution in [0.4, 0.5) is 4.39 Å². The summed E-state index contributed by atoms with van der Waals surface area (Å²) in [5.41, 5.74) is 7.40. The summed E-state index contributed by atoms with van der Waals surface area (Å²) in [5.74, 6) is -0.451. The Bertz CT molecular complexity index is 707. The molecule has 3 atom stereocenters. The standard InChI is InChI=1S/C19H23FN4O/c1-24-10-8-15(18(24)14-3-2-9-22-11-14)12-23-17(19(21)25)13-4-6-16(20)7-5-13/h2-7,9,11,15,17-18,23H,8,10,12H2,1H3,(H2,21,25)/t15-,17?,18-/m0/s1. The number of primary amides is 1. The van der Waals surface area contributed by atoms with Crippen molar-refractivity contribution in [3.63, 3.8) is 0 Å². The predicted octanol–water partition coefficient (Wildman–Crippen LogP) is 2.03. The molecule has 6 heteroatoms. The van der Waals surface area contributed by atoms with Crippen LogP contribution in [0.2, 0.25) is 0 Å². The van der Waals surface area contributed by atoms with Crippen molar-refractivity contribution in [2.24, 2.45) is 11.7 Å². The van der Waals surface area contributed by atoms with E-state index in [1.807, 2.05) is 12.3 Å². The first kappa shape index (κ1) is 17.5. The summed E-state index contributed by atoms with van der Waals surface area (Å²) < 4.78 is 13.1. The van der Waals surface area contributed by atoms with Crippen molar-refractivity contribution < 1.29 is 9.18 Å². The molecule has 1 saturated heterocycles. The van der Waals surface area contributed by atoms with Crippen LogP contribution in [0.15, 0.2) is 48.8 Å². The molecule has 0 radical (unpaired) electrons. The maximum atomic E-state index is 13.1. The zero-order valence-corrected chi connectivity index (χ0v) is 14.2. The molecule has 1 amide bonds. The lowest BCUT2D eigenvalue weighted by atomic mass is 9.94. The molecule has 2 aromatic rings. The monoisotopic (exact) mass is 342 g/mol. The summed E-state index contributed by atoms with van der Waals surface area (Å²) in [6.45, 7) is 1.64. The molecule has 1 aromatic carbocycles. The average molecular weight is 342 g/mol. The van der Waals surface area contributed by atoms with Gasteiger partial charge in [-0.3, -0.25) is 14.7 Å². The van der Waals surface area contributed by atoms with Crippen molar-refractivity contribution in [2.75, 3.05) is 20.1 Å². The number of benzene rings is 1. The molecule has 0 aliphatic carbocycles. The molecule has 0 saturated carbocycles. The van der Waals surface area contributed by atoms with Gasteiger partial charge in [0.25, 0.3) is 0 Å². The number of carbonyl (C=O) groups is 1. The largest absolute Gasteiger partial charge is 0.368 e. The summed E-state index contributed by atoms with van der Waals surface area (Å²) in [6, 6.07) is 9.52. The summed E-state index contributed by atoms with van der Waals surface area (Å²) >= 11 is 0. The molecular weight excluding hydrogens is 319 g/mol. The number of amides is 1. The minimum Gasteiger partial charge on any atom is -0.368 e. The minimum absolute atomic E-state index is 0.253. The third-order valence-corrected chi connectivity index (χ3v) is 4.87. The van der Waals surface area contributed by atoms with Gasteiger partial charge in [-0.1, -0.05) is 18.2 Å². The first-order chi connectivity index (χ1) is 12.1. The molecule has 1 aromatic heterocycles. The van der Waals surface area contributed by atoms with Crippen molar-refractivity contribution in [1.29, 1.82) is 0 Å². The van der Waals surface area contributed by atoms with Crippen LogP contribution in [0, 0.1) is 11.7 Å². The van der Waals surface area contributed by atoms with Gasteiger partial charge in [-0.15, -0.1) is 0 Å². The van der Waals surface area contributed by atoms with Crippen LogP contribution in [-0.2, 0) is 4.79 Å². The van der Waals surface area contributed by atoms with E-state index in [4.69, 9.17) is 5.73 Å². The fourth-order valence-electron chi connectivity index (χ4n) is 3.62. The molecular formula is C19H23FN4O. The van der Waals surface area contributed by atoms with E-state index >= 15 is 0 Å². The van der Waals surface area contributed by atoms with Gasteiger partial charge in [-0.25, -0.2) is 4.39 Å². The molecule has 1 unspecified atom stereocenters. The highest BCUT2D eigenvalue weighted by molar-refractivity contribution is 5.81. The van der Waals surface area contributed by atoms with Crippen LogP contribution in [0.1, 0.15) is 29.6 Å². The van der Waals surface area contributed by atoms with E-state index in [0.29, 0.717) is 18.0 Å². The highest BCUT2D eigenvalue weighted by atomic mass is 19.1. The van der Waals surface area contributed by atoms with Crippen LogP contribution < -0.4 is 11.1 Å². The number of carbonyl (C=O) groups excluding carboxylic acids is 1.